The first kappa shape index (κ1) is 16.7. The van der Waals surface area contributed by atoms with Crippen LogP contribution in [-0.4, -0.2) is 26.4 Å². The summed E-state index contributed by atoms with van der Waals surface area (Å²) in [6.07, 6.45) is 4.32. The van der Waals surface area contributed by atoms with Gasteiger partial charge < -0.3 is 16.4 Å². The number of hydrogen-bond acceptors (Lipinski definition) is 8. The summed E-state index contributed by atoms with van der Waals surface area (Å²) in [4.78, 5) is 10.7. The van der Waals surface area contributed by atoms with Crippen molar-refractivity contribution in [2.45, 2.75) is 51.6 Å². The van der Waals surface area contributed by atoms with E-state index in [0.717, 1.165) is 52.4 Å². The minimum Gasteiger partial charge on any atom is -0.366 e. The van der Waals surface area contributed by atoms with Crippen molar-refractivity contribution in [2.75, 3.05) is 10.6 Å². The SMILES string of the molecule is Cc1cc(Nc2nc(N[C@H]3CC[C@H](N)CC3)c3sc(C)cc3n2)sn1. The van der Waals surface area contributed by atoms with Gasteiger partial charge in [0.05, 0.1) is 15.9 Å². The zero-order valence-electron chi connectivity index (χ0n) is 14.4. The number of fused-ring (bicyclic) bond motifs is 1. The van der Waals surface area contributed by atoms with Gasteiger partial charge in [0.2, 0.25) is 5.95 Å². The lowest BCUT2D eigenvalue weighted by molar-refractivity contribution is 0.411. The summed E-state index contributed by atoms with van der Waals surface area (Å²) in [5.74, 6) is 1.54. The monoisotopic (exact) mass is 374 g/mol. The molecule has 1 aliphatic rings. The van der Waals surface area contributed by atoms with E-state index in [9.17, 15) is 0 Å². The third-order valence-corrected chi connectivity index (χ3v) is 6.31. The number of nitrogens with zero attached hydrogens (tertiary/aromatic N) is 3. The van der Waals surface area contributed by atoms with Gasteiger partial charge in [0.25, 0.3) is 0 Å². The number of aryl methyl sites for hydroxylation is 2. The molecule has 4 rings (SSSR count). The summed E-state index contributed by atoms with van der Waals surface area (Å²) in [6.45, 7) is 4.09. The summed E-state index contributed by atoms with van der Waals surface area (Å²) in [6, 6.07) is 4.90. The minimum atomic E-state index is 0.347. The molecule has 0 saturated heterocycles. The van der Waals surface area contributed by atoms with Gasteiger partial charge in [0.15, 0.2) is 0 Å². The first-order chi connectivity index (χ1) is 12.1. The number of rotatable bonds is 4. The van der Waals surface area contributed by atoms with Crippen LogP contribution in [0.5, 0.6) is 0 Å². The molecule has 0 aliphatic heterocycles. The molecule has 3 heterocycles. The van der Waals surface area contributed by atoms with Crippen molar-refractivity contribution in [3.05, 3.63) is 22.7 Å². The van der Waals surface area contributed by atoms with Crippen LogP contribution in [0.15, 0.2) is 12.1 Å². The standard InChI is InChI=1S/C17H22N6S2/c1-9-7-14(25-23-9)21-17-20-13-8-10(2)24-15(13)16(22-17)19-12-5-3-11(18)4-6-12/h7-8,11-12H,3-6,18H2,1-2H3,(H2,19,20,21,22)/t11-,12-. The minimum absolute atomic E-state index is 0.347. The fourth-order valence-corrected chi connectivity index (χ4v) is 4.75. The highest BCUT2D eigenvalue weighted by Gasteiger charge is 2.20. The van der Waals surface area contributed by atoms with Gasteiger partial charge in [-0.2, -0.15) is 9.36 Å². The largest absolute Gasteiger partial charge is 0.366 e. The zero-order valence-corrected chi connectivity index (χ0v) is 16.0. The Bertz CT molecular complexity index is 879. The molecule has 1 aliphatic carbocycles. The number of aromatic nitrogens is 3. The van der Waals surface area contributed by atoms with Gasteiger partial charge in [-0.15, -0.1) is 11.3 Å². The molecule has 0 unspecified atom stereocenters. The van der Waals surface area contributed by atoms with Gasteiger partial charge in [-0.1, -0.05) is 0 Å². The van der Waals surface area contributed by atoms with Crippen molar-refractivity contribution in [2.24, 2.45) is 5.73 Å². The van der Waals surface area contributed by atoms with E-state index in [1.165, 1.54) is 16.4 Å². The molecular formula is C17H22N6S2. The van der Waals surface area contributed by atoms with E-state index in [0.29, 0.717) is 18.0 Å². The second-order valence-electron chi connectivity index (χ2n) is 6.68. The second kappa shape index (κ2) is 6.86. The summed E-state index contributed by atoms with van der Waals surface area (Å²) >= 11 is 3.16. The highest BCUT2D eigenvalue weighted by molar-refractivity contribution is 7.19. The average molecular weight is 375 g/mol. The molecule has 0 radical (unpaired) electrons. The summed E-state index contributed by atoms with van der Waals surface area (Å²) in [7, 11) is 0. The number of anilines is 3. The van der Waals surface area contributed by atoms with Gasteiger partial charge in [0.1, 0.15) is 10.8 Å². The molecule has 0 bridgehead atoms. The average Bonchev–Trinajstić information content (AvgIpc) is 3.14. The van der Waals surface area contributed by atoms with Crippen LogP contribution >= 0.6 is 22.9 Å². The topological polar surface area (TPSA) is 88.8 Å². The highest BCUT2D eigenvalue weighted by Crippen LogP contribution is 2.33. The predicted octanol–water partition coefficient (Wildman–Crippen LogP) is 4.19. The van der Waals surface area contributed by atoms with Crippen LogP contribution in [0.3, 0.4) is 0 Å². The fourth-order valence-electron chi connectivity index (χ4n) is 3.19. The van der Waals surface area contributed by atoms with Gasteiger partial charge >= 0.3 is 0 Å². The Kier molecular flexibility index (Phi) is 4.58. The molecular weight excluding hydrogens is 352 g/mol. The van der Waals surface area contributed by atoms with E-state index >= 15 is 0 Å². The van der Waals surface area contributed by atoms with Gasteiger partial charge in [-0.25, -0.2) is 4.98 Å². The van der Waals surface area contributed by atoms with Crippen molar-refractivity contribution in [1.29, 1.82) is 0 Å². The Balaban J connectivity index is 1.63. The van der Waals surface area contributed by atoms with E-state index in [1.807, 2.05) is 13.0 Å². The maximum atomic E-state index is 6.03. The van der Waals surface area contributed by atoms with Crippen molar-refractivity contribution < 1.29 is 0 Å². The molecule has 0 spiro atoms. The molecule has 8 heteroatoms. The first-order valence-corrected chi connectivity index (χ1v) is 10.2. The molecule has 4 N–H and O–H groups in total. The number of hydrogen-bond donors (Lipinski definition) is 3. The summed E-state index contributed by atoms with van der Waals surface area (Å²) in [5.41, 5.74) is 8.01. The van der Waals surface area contributed by atoms with E-state index in [2.05, 4.69) is 33.0 Å². The Morgan fingerprint density at radius 2 is 1.92 bits per heavy atom. The number of nitrogens with two attached hydrogens (primary N) is 1. The van der Waals surface area contributed by atoms with Crippen LogP contribution in [-0.2, 0) is 0 Å². The van der Waals surface area contributed by atoms with E-state index in [4.69, 9.17) is 10.7 Å². The van der Waals surface area contributed by atoms with E-state index < -0.39 is 0 Å². The molecule has 6 nitrogen and oxygen atoms in total. The second-order valence-corrected chi connectivity index (χ2v) is 8.74. The quantitative estimate of drug-likeness (QED) is 0.634. The fraction of sp³-hybridized carbons (Fsp3) is 0.471. The molecule has 132 valence electrons. The van der Waals surface area contributed by atoms with Crippen molar-refractivity contribution in [3.63, 3.8) is 0 Å². The Hall–Kier alpha value is -1.77. The van der Waals surface area contributed by atoms with Crippen molar-refractivity contribution >= 4 is 49.9 Å². The third-order valence-electron chi connectivity index (χ3n) is 4.47. The molecule has 1 fully saturated rings. The van der Waals surface area contributed by atoms with Crippen LogP contribution in [0.2, 0.25) is 0 Å². The Labute approximate surface area is 155 Å². The first-order valence-electron chi connectivity index (χ1n) is 8.57. The lowest BCUT2D eigenvalue weighted by Crippen LogP contribution is -2.33. The maximum Gasteiger partial charge on any atom is 0.230 e. The summed E-state index contributed by atoms with van der Waals surface area (Å²) in [5, 5.41) is 7.89. The molecule has 25 heavy (non-hydrogen) atoms. The molecule has 1 saturated carbocycles. The molecule has 0 aromatic carbocycles. The summed E-state index contributed by atoms with van der Waals surface area (Å²) < 4.78 is 5.42. The van der Waals surface area contributed by atoms with Gasteiger partial charge in [0, 0.05) is 17.0 Å². The van der Waals surface area contributed by atoms with Gasteiger partial charge in [-0.05, 0) is 63.2 Å². The smallest absolute Gasteiger partial charge is 0.230 e. The Morgan fingerprint density at radius 3 is 2.64 bits per heavy atom. The predicted molar refractivity (Wildman–Crippen MR) is 106 cm³/mol. The molecule has 0 amide bonds. The van der Waals surface area contributed by atoms with Crippen LogP contribution in [0.25, 0.3) is 10.2 Å². The van der Waals surface area contributed by atoms with Crippen LogP contribution in [0.1, 0.15) is 36.3 Å². The van der Waals surface area contributed by atoms with Crippen molar-refractivity contribution in [1.82, 2.24) is 14.3 Å². The Morgan fingerprint density at radius 1 is 1.12 bits per heavy atom. The van der Waals surface area contributed by atoms with Gasteiger partial charge in [-0.3, -0.25) is 0 Å². The number of nitrogens with one attached hydrogen (secondary N) is 2. The van der Waals surface area contributed by atoms with Crippen LogP contribution in [0.4, 0.5) is 16.8 Å². The maximum absolute atomic E-state index is 6.03. The lowest BCUT2D eigenvalue weighted by atomic mass is 9.92. The molecule has 3 aromatic rings. The van der Waals surface area contributed by atoms with Crippen LogP contribution in [0, 0.1) is 13.8 Å². The molecule has 3 aromatic heterocycles. The van der Waals surface area contributed by atoms with Crippen LogP contribution < -0.4 is 16.4 Å². The van der Waals surface area contributed by atoms with E-state index in [1.54, 1.807) is 11.3 Å². The van der Waals surface area contributed by atoms with Crippen molar-refractivity contribution in [3.8, 4) is 0 Å². The highest BCUT2D eigenvalue weighted by atomic mass is 32.1. The molecule has 0 atom stereocenters. The zero-order chi connectivity index (χ0) is 17.4. The van der Waals surface area contributed by atoms with E-state index in [-0.39, 0.29) is 0 Å². The normalized spacial score (nSPS) is 20.8. The third kappa shape index (κ3) is 3.75. The lowest BCUT2D eigenvalue weighted by Gasteiger charge is -2.27. The number of thiophene rings is 1.